The topological polar surface area (TPSA) is 73.6 Å². The van der Waals surface area contributed by atoms with Crippen molar-refractivity contribution < 1.29 is 14.3 Å². The molecule has 0 aromatic heterocycles. The van der Waals surface area contributed by atoms with Gasteiger partial charge in [0, 0.05) is 20.3 Å². The number of ether oxygens (including phenoxy) is 2. The molecular weight excluding hydrogens is 252 g/mol. The minimum atomic E-state index is -0.379. The molecule has 6 heteroatoms. The third-order valence-corrected chi connectivity index (χ3v) is 3.06. The average molecular weight is 278 g/mol. The number of carbonyl (C=O) groups is 1. The van der Waals surface area contributed by atoms with Gasteiger partial charge in [0.05, 0.1) is 19.3 Å². The lowest BCUT2D eigenvalue weighted by Gasteiger charge is -2.11. The number of nitrogens with one attached hydrogen (secondary N) is 1. The van der Waals surface area contributed by atoms with Gasteiger partial charge >= 0.3 is 0 Å². The lowest BCUT2D eigenvalue weighted by atomic mass is 10.2. The maximum absolute atomic E-state index is 11.5. The van der Waals surface area contributed by atoms with Gasteiger partial charge in [-0.2, -0.15) is 11.8 Å². The highest BCUT2D eigenvalue weighted by Gasteiger charge is 2.11. The van der Waals surface area contributed by atoms with Crippen LogP contribution in [0.3, 0.4) is 0 Å². The highest BCUT2D eigenvalue weighted by atomic mass is 32.2. The van der Waals surface area contributed by atoms with Crippen LogP contribution in [0.2, 0.25) is 0 Å². The van der Waals surface area contributed by atoms with E-state index in [-0.39, 0.29) is 11.9 Å². The monoisotopic (exact) mass is 278 g/mol. The normalized spacial score (nSPS) is 12.4. The summed E-state index contributed by atoms with van der Waals surface area (Å²) in [5, 5.41) is 2.84. The molecule has 0 rings (SSSR count). The Hall–Kier alpha value is -0.300. The Morgan fingerprint density at radius 3 is 2.78 bits per heavy atom. The molecule has 0 spiro atoms. The number of carbonyl (C=O) groups excluding carboxylic acids is 1. The van der Waals surface area contributed by atoms with Gasteiger partial charge in [-0.25, -0.2) is 0 Å². The molecule has 1 amide bonds. The predicted octanol–water partition coefficient (Wildman–Crippen LogP) is 0.626. The number of unbranched alkanes of at least 4 members (excludes halogenated alkanes) is 1. The summed E-state index contributed by atoms with van der Waals surface area (Å²) in [6, 6.07) is -0.379. The van der Waals surface area contributed by atoms with Crippen LogP contribution in [0.1, 0.15) is 19.3 Å². The van der Waals surface area contributed by atoms with E-state index < -0.39 is 0 Å². The van der Waals surface area contributed by atoms with Crippen molar-refractivity contribution in [3.05, 3.63) is 0 Å². The molecule has 3 N–H and O–H groups in total. The van der Waals surface area contributed by atoms with E-state index >= 15 is 0 Å². The second kappa shape index (κ2) is 13.1. The second-order valence-corrected chi connectivity index (χ2v) is 4.98. The molecule has 108 valence electrons. The molecule has 0 saturated heterocycles. The number of hydrogen-bond donors (Lipinski definition) is 2. The van der Waals surface area contributed by atoms with Gasteiger partial charge in [0.25, 0.3) is 0 Å². The maximum atomic E-state index is 11.5. The first kappa shape index (κ1) is 17.7. The van der Waals surface area contributed by atoms with Crippen molar-refractivity contribution in [3.8, 4) is 0 Å². The van der Waals surface area contributed by atoms with Crippen molar-refractivity contribution >= 4 is 17.7 Å². The first-order valence-electron chi connectivity index (χ1n) is 6.31. The van der Waals surface area contributed by atoms with Crippen molar-refractivity contribution in [1.82, 2.24) is 5.32 Å². The van der Waals surface area contributed by atoms with Crippen molar-refractivity contribution in [1.29, 1.82) is 0 Å². The molecular formula is C12H26N2O3S. The number of thioether (sulfide) groups is 1. The zero-order valence-electron chi connectivity index (χ0n) is 11.4. The number of hydrogen-bond acceptors (Lipinski definition) is 5. The molecule has 0 fully saturated rings. The van der Waals surface area contributed by atoms with Crippen LogP contribution in [-0.2, 0) is 14.3 Å². The molecule has 5 nitrogen and oxygen atoms in total. The first-order chi connectivity index (χ1) is 8.72. The zero-order valence-corrected chi connectivity index (χ0v) is 12.3. The number of rotatable bonds is 12. The Morgan fingerprint density at radius 2 is 2.11 bits per heavy atom. The van der Waals surface area contributed by atoms with Gasteiger partial charge < -0.3 is 20.5 Å². The summed E-state index contributed by atoms with van der Waals surface area (Å²) in [6.07, 6.45) is 4.58. The van der Waals surface area contributed by atoms with Crippen LogP contribution in [0, 0.1) is 0 Å². The summed E-state index contributed by atoms with van der Waals surface area (Å²) in [5.41, 5.74) is 5.74. The van der Waals surface area contributed by atoms with Crippen molar-refractivity contribution in [2.75, 3.05) is 45.5 Å². The molecule has 0 radical (unpaired) electrons. The first-order valence-corrected chi connectivity index (χ1v) is 7.70. The minimum absolute atomic E-state index is 0.0515. The SMILES string of the molecule is COCCOCCCCNC(=O)[C@H](N)CCSC. The van der Waals surface area contributed by atoms with Crippen LogP contribution in [0.4, 0.5) is 0 Å². The summed E-state index contributed by atoms with van der Waals surface area (Å²) >= 11 is 1.70. The molecule has 18 heavy (non-hydrogen) atoms. The van der Waals surface area contributed by atoms with Gasteiger partial charge in [0.2, 0.25) is 5.91 Å². The van der Waals surface area contributed by atoms with Gasteiger partial charge in [-0.3, -0.25) is 4.79 Å². The molecule has 0 bridgehead atoms. The fraction of sp³-hybridized carbons (Fsp3) is 0.917. The average Bonchev–Trinajstić information content (AvgIpc) is 2.38. The third kappa shape index (κ3) is 10.8. The van der Waals surface area contributed by atoms with Gasteiger partial charge in [0.1, 0.15) is 0 Å². The number of nitrogens with two attached hydrogens (primary N) is 1. The zero-order chi connectivity index (χ0) is 13.6. The van der Waals surface area contributed by atoms with Crippen LogP contribution in [-0.4, -0.2) is 57.4 Å². The summed E-state index contributed by atoms with van der Waals surface area (Å²) in [5.74, 6) is 0.867. The lowest BCUT2D eigenvalue weighted by molar-refractivity contribution is -0.122. The third-order valence-electron chi connectivity index (χ3n) is 2.42. The van der Waals surface area contributed by atoms with Gasteiger partial charge in [-0.05, 0) is 31.3 Å². The second-order valence-electron chi connectivity index (χ2n) is 3.99. The fourth-order valence-electron chi connectivity index (χ4n) is 1.29. The van der Waals surface area contributed by atoms with Gasteiger partial charge in [0.15, 0.2) is 0 Å². The van der Waals surface area contributed by atoms with E-state index in [9.17, 15) is 4.79 Å². The van der Waals surface area contributed by atoms with Crippen LogP contribution < -0.4 is 11.1 Å². The van der Waals surface area contributed by atoms with Crippen molar-refractivity contribution in [3.63, 3.8) is 0 Å². The summed E-state index contributed by atoms with van der Waals surface area (Å²) in [4.78, 5) is 11.5. The maximum Gasteiger partial charge on any atom is 0.236 e. The largest absolute Gasteiger partial charge is 0.382 e. The fourth-order valence-corrected chi connectivity index (χ4v) is 1.78. The highest BCUT2D eigenvalue weighted by Crippen LogP contribution is 1.98. The van der Waals surface area contributed by atoms with E-state index in [1.54, 1.807) is 18.9 Å². The van der Waals surface area contributed by atoms with E-state index in [4.69, 9.17) is 15.2 Å². The Morgan fingerprint density at radius 1 is 1.33 bits per heavy atom. The van der Waals surface area contributed by atoms with Crippen molar-refractivity contribution in [2.45, 2.75) is 25.3 Å². The molecule has 0 aromatic rings. The van der Waals surface area contributed by atoms with E-state index in [1.807, 2.05) is 6.26 Å². The molecule has 0 aliphatic heterocycles. The molecule has 0 aliphatic carbocycles. The number of methoxy groups -OCH3 is 1. The summed E-state index contributed by atoms with van der Waals surface area (Å²) in [7, 11) is 1.65. The van der Waals surface area contributed by atoms with Gasteiger partial charge in [-0.15, -0.1) is 0 Å². The molecule has 0 saturated carbocycles. The van der Waals surface area contributed by atoms with Crippen molar-refractivity contribution in [2.24, 2.45) is 5.73 Å². The van der Waals surface area contributed by atoms with Gasteiger partial charge in [-0.1, -0.05) is 0 Å². The molecule has 0 heterocycles. The predicted molar refractivity (Wildman–Crippen MR) is 75.9 cm³/mol. The Balaban J connectivity index is 3.29. The van der Waals surface area contributed by atoms with E-state index in [2.05, 4.69) is 5.32 Å². The Bertz CT molecular complexity index is 206. The molecule has 1 atom stereocenters. The summed E-state index contributed by atoms with van der Waals surface area (Å²) in [6.45, 7) is 2.63. The van der Waals surface area contributed by atoms with E-state index in [1.165, 1.54) is 0 Å². The molecule has 0 unspecified atom stereocenters. The number of amides is 1. The van der Waals surface area contributed by atoms with Crippen LogP contribution in [0.15, 0.2) is 0 Å². The Kier molecular flexibility index (Phi) is 12.9. The molecule has 0 aliphatic rings. The highest BCUT2D eigenvalue weighted by molar-refractivity contribution is 7.98. The Labute approximate surface area is 114 Å². The van der Waals surface area contributed by atoms with E-state index in [0.717, 1.165) is 25.0 Å². The quantitative estimate of drug-likeness (QED) is 0.512. The van der Waals surface area contributed by atoms with Crippen LogP contribution in [0.5, 0.6) is 0 Å². The molecule has 0 aromatic carbocycles. The standard InChI is InChI=1S/C12H26N2O3S/c1-16-8-9-17-7-4-3-6-14-12(15)11(13)5-10-18-2/h11H,3-10,13H2,1-2H3,(H,14,15)/t11-/m1/s1. The van der Waals surface area contributed by atoms with Crippen LogP contribution in [0.25, 0.3) is 0 Å². The van der Waals surface area contributed by atoms with E-state index in [0.29, 0.717) is 26.4 Å². The summed E-state index contributed by atoms with van der Waals surface area (Å²) < 4.78 is 10.2. The minimum Gasteiger partial charge on any atom is -0.382 e. The van der Waals surface area contributed by atoms with Crippen LogP contribution >= 0.6 is 11.8 Å². The lowest BCUT2D eigenvalue weighted by Crippen LogP contribution is -2.41. The smallest absolute Gasteiger partial charge is 0.236 e.